The molecule has 3 rings (SSSR count). The molecular formula is C19H21N3O2. The number of fused-ring (bicyclic) bond motifs is 1. The van der Waals surface area contributed by atoms with Crippen LogP contribution in [0.4, 0.5) is 0 Å². The summed E-state index contributed by atoms with van der Waals surface area (Å²) in [5.74, 6) is 1.50. The molecule has 0 saturated heterocycles. The van der Waals surface area contributed by atoms with E-state index in [0.29, 0.717) is 18.8 Å². The van der Waals surface area contributed by atoms with E-state index in [0.717, 1.165) is 22.4 Å². The van der Waals surface area contributed by atoms with Gasteiger partial charge in [-0.2, -0.15) is 0 Å². The van der Waals surface area contributed by atoms with Crippen LogP contribution in [0.5, 0.6) is 5.75 Å². The summed E-state index contributed by atoms with van der Waals surface area (Å²) in [6.45, 7) is 5.38. The van der Waals surface area contributed by atoms with Crippen molar-refractivity contribution in [1.29, 1.82) is 0 Å². The lowest BCUT2D eigenvalue weighted by atomic mass is 10.2. The highest BCUT2D eigenvalue weighted by Crippen LogP contribution is 2.22. The second kappa shape index (κ2) is 7.17. The molecular weight excluding hydrogens is 302 g/mol. The molecule has 1 aromatic heterocycles. The van der Waals surface area contributed by atoms with Crippen molar-refractivity contribution in [3.8, 4) is 17.1 Å². The maximum absolute atomic E-state index is 12.0. The predicted octanol–water partition coefficient (Wildman–Crippen LogP) is 3.48. The lowest BCUT2D eigenvalue weighted by Crippen LogP contribution is -2.34. The van der Waals surface area contributed by atoms with Gasteiger partial charge < -0.3 is 14.6 Å². The van der Waals surface area contributed by atoms with Crippen molar-refractivity contribution >= 4 is 16.9 Å². The van der Waals surface area contributed by atoms with E-state index in [1.807, 2.05) is 62.4 Å². The Hall–Kier alpha value is -2.82. The summed E-state index contributed by atoms with van der Waals surface area (Å²) in [5, 5.41) is 0. The average Bonchev–Trinajstić information content (AvgIpc) is 3.05. The number of aromatic amines is 1. The van der Waals surface area contributed by atoms with Crippen LogP contribution in [0.2, 0.25) is 0 Å². The van der Waals surface area contributed by atoms with E-state index in [-0.39, 0.29) is 12.5 Å². The quantitative estimate of drug-likeness (QED) is 0.755. The zero-order valence-electron chi connectivity index (χ0n) is 14.0. The molecule has 124 valence electrons. The van der Waals surface area contributed by atoms with E-state index in [1.165, 1.54) is 0 Å². The Kier molecular flexibility index (Phi) is 4.79. The maximum atomic E-state index is 12.0. The number of amides is 1. The number of benzene rings is 2. The summed E-state index contributed by atoms with van der Waals surface area (Å²) in [7, 11) is 0. The SMILES string of the molecule is CCN(CC)C(=O)COc1ccc(-c2nc3ccccc3[nH]2)cc1. The minimum atomic E-state index is 0.00126. The van der Waals surface area contributed by atoms with E-state index in [4.69, 9.17) is 4.74 Å². The van der Waals surface area contributed by atoms with Gasteiger partial charge in [-0.1, -0.05) is 12.1 Å². The van der Waals surface area contributed by atoms with Crippen LogP contribution in [0.15, 0.2) is 48.5 Å². The van der Waals surface area contributed by atoms with Gasteiger partial charge in [0.05, 0.1) is 11.0 Å². The van der Waals surface area contributed by atoms with Crippen molar-refractivity contribution in [3.63, 3.8) is 0 Å². The Morgan fingerprint density at radius 2 is 1.79 bits per heavy atom. The van der Waals surface area contributed by atoms with Crippen LogP contribution in [-0.4, -0.2) is 40.5 Å². The van der Waals surface area contributed by atoms with Crippen LogP contribution in [0, 0.1) is 0 Å². The molecule has 1 N–H and O–H groups in total. The van der Waals surface area contributed by atoms with Crippen molar-refractivity contribution in [2.45, 2.75) is 13.8 Å². The molecule has 0 radical (unpaired) electrons. The summed E-state index contributed by atoms with van der Waals surface area (Å²) < 4.78 is 5.58. The third-order valence-corrected chi connectivity index (χ3v) is 4.00. The Bertz CT molecular complexity index is 787. The summed E-state index contributed by atoms with van der Waals surface area (Å²) in [5.41, 5.74) is 2.93. The molecule has 0 aliphatic heterocycles. The highest BCUT2D eigenvalue weighted by molar-refractivity contribution is 5.79. The number of ether oxygens (including phenoxy) is 1. The molecule has 0 aliphatic carbocycles. The highest BCUT2D eigenvalue weighted by Gasteiger charge is 2.10. The fraction of sp³-hybridized carbons (Fsp3) is 0.263. The van der Waals surface area contributed by atoms with Crippen LogP contribution in [0.1, 0.15) is 13.8 Å². The molecule has 0 saturated carbocycles. The number of para-hydroxylation sites is 2. The van der Waals surface area contributed by atoms with E-state index in [1.54, 1.807) is 4.90 Å². The monoisotopic (exact) mass is 323 g/mol. The van der Waals surface area contributed by atoms with E-state index >= 15 is 0 Å². The summed E-state index contributed by atoms with van der Waals surface area (Å²) in [6, 6.07) is 15.5. The second-order valence-corrected chi connectivity index (χ2v) is 5.48. The molecule has 3 aromatic rings. The van der Waals surface area contributed by atoms with Crippen molar-refractivity contribution in [2.24, 2.45) is 0 Å². The third kappa shape index (κ3) is 3.40. The fourth-order valence-electron chi connectivity index (χ4n) is 2.61. The van der Waals surface area contributed by atoms with Gasteiger partial charge in [0.1, 0.15) is 11.6 Å². The number of carbonyl (C=O) groups excluding carboxylic acids is 1. The predicted molar refractivity (Wildman–Crippen MR) is 95.0 cm³/mol. The number of nitrogens with one attached hydrogen (secondary N) is 1. The van der Waals surface area contributed by atoms with Gasteiger partial charge in [0, 0.05) is 18.7 Å². The topological polar surface area (TPSA) is 58.2 Å². The maximum Gasteiger partial charge on any atom is 0.260 e. The molecule has 0 unspecified atom stereocenters. The first-order chi connectivity index (χ1) is 11.7. The van der Waals surface area contributed by atoms with Crippen LogP contribution in [0.3, 0.4) is 0 Å². The van der Waals surface area contributed by atoms with Gasteiger partial charge in [0.25, 0.3) is 5.91 Å². The van der Waals surface area contributed by atoms with Crippen molar-refractivity contribution < 1.29 is 9.53 Å². The van der Waals surface area contributed by atoms with Crippen LogP contribution in [-0.2, 0) is 4.79 Å². The number of carbonyl (C=O) groups is 1. The molecule has 1 heterocycles. The average molecular weight is 323 g/mol. The van der Waals surface area contributed by atoms with Crippen molar-refractivity contribution in [1.82, 2.24) is 14.9 Å². The van der Waals surface area contributed by atoms with Crippen molar-refractivity contribution in [2.75, 3.05) is 19.7 Å². The Morgan fingerprint density at radius 1 is 1.08 bits per heavy atom. The molecule has 0 aliphatic rings. The lowest BCUT2D eigenvalue weighted by Gasteiger charge is -2.18. The highest BCUT2D eigenvalue weighted by atomic mass is 16.5. The number of hydrogen-bond donors (Lipinski definition) is 1. The van der Waals surface area contributed by atoms with E-state index in [2.05, 4.69) is 9.97 Å². The third-order valence-electron chi connectivity index (χ3n) is 4.00. The first-order valence-electron chi connectivity index (χ1n) is 8.17. The number of imidazole rings is 1. The molecule has 0 bridgehead atoms. The van der Waals surface area contributed by atoms with Gasteiger partial charge in [-0.05, 0) is 50.2 Å². The number of rotatable bonds is 6. The lowest BCUT2D eigenvalue weighted by molar-refractivity contribution is -0.132. The summed E-state index contributed by atoms with van der Waals surface area (Å²) >= 11 is 0. The van der Waals surface area contributed by atoms with Crippen molar-refractivity contribution in [3.05, 3.63) is 48.5 Å². The number of H-pyrrole nitrogens is 1. The molecule has 24 heavy (non-hydrogen) atoms. The van der Waals surface area contributed by atoms with Gasteiger partial charge in [-0.3, -0.25) is 4.79 Å². The number of aromatic nitrogens is 2. The summed E-state index contributed by atoms with van der Waals surface area (Å²) in [4.78, 5) is 21.6. The van der Waals surface area contributed by atoms with Crippen LogP contribution in [0.25, 0.3) is 22.4 Å². The zero-order valence-corrected chi connectivity index (χ0v) is 14.0. The van der Waals surface area contributed by atoms with Gasteiger partial charge in [0.2, 0.25) is 0 Å². The van der Waals surface area contributed by atoms with Gasteiger partial charge in [0.15, 0.2) is 6.61 Å². The molecule has 2 aromatic carbocycles. The second-order valence-electron chi connectivity index (χ2n) is 5.48. The molecule has 1 amide bonds. The molecule has 5 heteroatoms. The molecule has 5 nitrogen and oxygen atoms in total. The molecule has 0 spiro atoms. The van der Waals surface area contributed by atoms with Gasteiger partial charge in [-0.25, -0.2) is 4.98 Å². The Balaban J connectivity index is 1.68. The number of likely N-dealkylation sites (N-methyl/N-ethyl adjacent to an activating group) is 1. The fourth-order valence-corrected chi connectivity index (χ4v) is 2.61. The molecule has 0 fully saturated rings. The van der Waals surface area contributed by atoms with E-state index < -0.39 is 0 Å². The van der Waals surface area contributed by atoms with Crippen LogP contribution < -0.4 is 4.74 Å². The smallest absolute Gasteiger partial charge is 0.260 e. The largest absolute Gasteiger partial charge is 0.484 e. The number of hydrogen-bond acceptors (Lipinski definition) is 3. The zero-order chi connectivity index (χ0) is 16.9. The first-order valence-corrected chi connectivity index (χ1v) is 8.17. The Morgan fingerprint density at radius 3 is 2.46 bits per heavy atom. The number of nitrogens with zero attached hydrogens (tertiary/aromatic N) is 2. The van der Waals surface area contributed by atoms with Gasteiger partial charge >= 0.3 is 0 Å². The van der Waals surface area contributed by atoms with Crippen LogP contribution >= 0.6 is 0 Å². The van der Waals surface area contributed by atoms with E-state index in [9.17, 15) is 4.79 Å². The minimum absolute atomic E-state index is 0.00126. The standard InChI is InChI=1S/C19H21N3O2/c1-3-22(4-2)18(23)13-24-15-11-9-14(10-12-15)19-20-16-7-5-6-8-17(16)21-19/h5-12H,3-4,13H2,1-2H3,(H,20,21). The van der Waals surface area contributed by atoms with Gasteiger partial charge in [-0.15, -0.1) is 0 Å². The normalized spacial score (nSPS) is 10.8. The minimum Gasteiger partial charge on any atom is -0.484 e. The summed E-state index contributed by atoms with van der Waals surface area (Å²) in [6.07, 6.45) is 0. The molecule has 0 atom stereocenters. The first kappa shape index (κ1) is 16.1. The Labute approximate surface area is 141 Å².